The van der Waals surface area contributed by atoms with Crippen LogP contribution >= 0.6 is 11.6 Å². The maximum Gasteiger partial charge on any atom is 0.239 e. The summed E-state index contributed by atoms with van der Waals surface area (Å²) >= 11 is 5.94. The second kappa shape index (κ2) is 8.01. The Morgan fingerprint density at radius 1 is 1.50 bits per heavy atom. The summed E-state index contributed by atoms with van der Waals surface area (Å²) in [5.74, 6) is 1.46. The Morgan fingerprint density at radius 2 is 2.20 bits per heavy atom. The first-order valence-corrected chi connectivity index (χ1v) is 6.80. The van der Waals surface area contributed by atoms with Crippen LogP contribution < -0.4 is 10.2 Å². The third-order valence-corrected chi connectivity index (χ3v) is 2.67. The SMILES string of the molecule is COCc1nc(Cl)cc(N(C)CC(=O)NCC(C)C)n1. The number of methoxy groups -OCH3 is 1. The Morgan fingerprint density at radius 3 is 2.80 bits per heavy atom. The molecule has 1 rings (SSSR count). The van der Waals surface area contributed by atoms with E-state index in [2.05, 4.69) is 15.3 Å². The van der Waals surface area contributed by atoms with Crippen LogP contribution in [0.3, 0.4) is 0 Å². The molecule has 0 aliphatic carbocycles. The van der Waals surface area contributed by atoms with Crippen LogP contribution in [0.1, 0.15) is 19.7 Å². The van der Waals surface area contributed by atoms with Crippen LogP contribution in [0.4, 0.5) is 5.82 Å². The molecule has 6 nitrogen and oxygen atoms in total. The number of carbonyl (C=O) groups is 1. The fourth-order valence-corrected chi connectivity index (χ4v) is 1.71. The third kappa shape index (κ3) is 5.71. The molecule has 112 valence electrons. The number of nitrogens with one attached hydrogen (secondary N) is 1. The molecule has 0 bridgehead atoms. The lowest BCUT2D eigenvalue weighted by Crippen LogP contribution is -2.37. The number of hydrogen-bond donors (Lipinski definition) is 1. The Hall–Kier alpha value is -1.40. The molecular weight excluding hydrogens is 280 g/mol. The number of anilines is 1. The van der Waals surface area contributed by atoms with Gasteiger partial charge in [-0.05, 0) is 5.92 Å². The van der Waals surface area contributed by atoms with Gasteiger partial charge in [-0.2, -0.15) is 0 Å². The Balaban J connectivity index is 2.66. The highest BCUT2D eigenvalue weighted by molar-refractivity contribution is 6.29. The van der Waals surface area contributed by atoms with Gasteiger partial charge in [0.15, 0.2) is 5.82 Å². The molecule has 1 N–H and O–H groups in total. The van der Waals surface area contributed by atoms with Crippen LogP contribution in [0.25, 0.3) is 0 Å². The molecule has 0 aromatic carbocycles. The second-order valence-electron chi connectivity index (χ2n) is 4.95. The predicted octanol–water partition coefficient (Wildman–Crippen LogP) is 1.48. The fraction of sp³-hybridized carbons (Fsp3) is 0.615. The number of likely N-dealkylation sites (N-methyl/N-ethyl adjacent to an activating group) is 1. The predicted molar refractivity (Wildman–Crippen MR) is 78.9 cm³/mol. The van der Waals surface area contributed by atoms with Crippen LogP contribution in [0.5, 0.6) is 0 Å². The van der Waals surface area contributed by atoms with E-state index < -0.39 is 0 Å². The van der Waals surface area contributed by atoms with E-state index in [1.165, 1.54) is 0 Å². The molecule has 0 radical (unpaired) electrons. The van der Waals surface area contributed by atoms with Crippen LogP contribution in [0.2, 0.25) is 5.15 Å². The van der Waals surface area contributed by atoms with Gasteiger partial charge in [-0.3, -0.25) is 4.79 Å². The summed E-state index contributed by atoms with van der Waals surface area (Å²) in [4.78, 5) is 21.8. The van der Waals surface area contributed by atoms with E-state index in [4.69, 9.17) is 16.3 Å². The zero-order chi connectivity index (χ0) is 15.1. The minimum absolute atomic E-state index is 0.0516. The van der Waals surface area contributed by atoms with Crippen molar-refractivity contribution in [3.05, 3.63) is 17.0 Å². The summed E-state index contributed by atoms with van der Waals surface area (Å²) in [6, 6.07) is 1.62. The van der Waals surface area contributed by atoms with Gasteiger partial charge >= 0.3 is 0 Å². The summed E-state index contributed by atoms with van der Waals surface area (Å²) in [5, 5.41) is 3.19. The molecule has 0 saturated heterocycles. The molecule has 0 aliphatic heterocycles. The molecule has 1 aromatic rings. The average Bonchev–Trinajstić information content (AvgIpc) is 2.36. The minimum Gasteiger partial charge on any atom is -0.377 e. The fourth-order valence-electron chi connectivity index (χ4n) is 1.51. The van der Waals surface area contributed by atoms with Gasteiger partial charge in [-0.15, -0.1) is 0 Å². The molecule has 1 aromatic heterocycles. The number of aromatic nitrogens is 2. The van der Waals surface area contributed by atoms with E-state index in [0.717, 1.165) is 0 Å². The van der Waals surface area contributed by atoms with Gasteiger partial charge in [-0.25, -0.2) is 9.97 Å². The first-order valence-electron chi connectivity index (χ1n) is 6.42. The van der Waals surface area contributed by atoms with Crippen molar-refractivity contribution >= 4 is 23.3 Å². The van der Waals surface area contributed by atoms with Crippen LogP contribution in [-0.4, -0.2) is 43.1 Å². The van der Waals surface area contributed by atoms with E-state index in [1.807, 2.05) is 13.8 Å². The van der Waals surface area contributed by atoms with E-state index >= 15 is 0 Å². The lowest BCUT2D eigenvalue weighted by atomic mass is 10.2. The van der Waals surface area contributed by atoms with E-state index in [0.29, 0.717) is 29.3 Å². The second-order valence-corrected chi connectivity index (χ2v) is 5.34. The molecule has 0 atom stereocenters. The molecule has 0 spiro atoms. The van der Waals surface area contributed by atoms with Gasteiger partial charge in [0.2, 0.25) is 5.91 Å². The number of nitrogens with zero attached hydrogens (tertiary/aromatic N) is 3. The van der Waals surface area contributed by atoms with Crippen LogP contribution in [-0.2, 0) is 16.1 Å². The monoisotopic (exact) mass is 300 g/mol. The lowest BCUT2D eigenvalue weighted by molar-refractivity contribution is -0.119. The van der Waals surface area contributed by atoms with Gasteiger partial charge in [-0.1, -0.05) is 25.4 Å². The standard InChI is InChI=1S/C13H21ClN4O2/c1-9(2)6-15-13(19)7-18(3)12-5-10(14)16-11(17-12)8-20-4/h5,9H,6-8H2,1-4H3,(H,15,19). The van der Waals surface area contributed by atoms with E-state index in [9.17, 15) is 4.79 Å². The number of rotatable bonds is 7. The smallest absolute Gasteiger partial charge is 0.239 e. The normalized spacial score (nSPS) is 10.7. The topological polar surface area (TPSA) is 67.3 Å². The zero-order valence-electron chi connectivity index (χ0n) is 12.3. The summed E-state index contributed by atoms with van der Waals surface area (Å²) in [5.41, 5.74) is 0. The Kier molecular flexibility index (Phi) is 6.67. The molecular formula is C13H21ClN4O2. The van der Waals surface area contributed by atoms with Crippen molar-refractivity contribution in [1.29, 1.82) is 0 Å². The van der Waals surface area contributed by atoms with Crippen molar-refractivity contribution in [2.75, 3.05) is 32.1 Å². The largest absolute Gasteiger partial charge is 0.377 e. The maximum absolute atomic E-state index is 11.8. The summed E-state index contributed by atoms with van der Waals surface area (Å²) < 4.78 is 4.98. The van der Waals surface area contributed by atoms with Crippen molar-refractivity contribution in [3.8, 4) is 0 Å². The Labute approximate surface area is 124 Å². The van der Waals surface area contributed by atoms with Crippen molar-refractivity contribution in [2.45, 2.75) is 20.5 Å². The quantitative estimate of drug-likeness (QED) is 0.773. The molecule has 0 fully saturated rings. The van der Waals surface area contributed by atoms with Gasteiger partial charge in [0.25, 0.3) is 0 Å². The summed E-state index contributed by atoms with van der Waals surface area (Å²) in [7, 11) is 3.34. The highest BCUT2D eigenvalue weighted by Crippen LogP contribution is 2.15. The number of amides is 1. The maximum atomic E-state index is 11.8. The first-order chi connectivity index (χ1) is 9.42. The van der Waals surface area contributed by atoms with E-state index in [1.54, 1.807) is 25.1 Å². The molecule has 1 heterocycles. The molecule has 0 unspecified atom stereocenters. The number of halogens is 1. The number of carbonyl (C=O) groups excluding carboxylic acids is 1. The van der Waals surface area contributed by atoms with Gasteiger partial charge in [0, 0.05) is 26.8 Å². The van der Waals surface area contributed by atoms with Crippen molar-refractivity contribution in [2.24, 2.45) is 5.92 Å². The Bertz CT molecular complexity index is 454. The van der Waals surface area contributed by atoms with E-state index in [-0.39, 0.29) is 19.1 Å². The highest BCUT2D eigenvalue weighted by Gasteiger charge is 2.11. The minimum atomic E-state index is -0.0516. The summed E-state index contributed by atoms with van der Waals surface area (Å²) in [6.07, 6.45) is 0. The molecule has 0 aliphatic rings. The number of ether oxygens (including phenoxy) is 1. The zero-order valence-corrected chi connectivity index (χ0v) is 13.1. The van der Waals surface area contributed by atoms with Crippen LogP contribution in [0.15, 0.2) is 6.07 Å². The highest BCUT2D eigenvalue weighted by atomic mass is 35.5. The first kappa shape index (κ1) is 16.7. The van der Waals surface area contributed by atoms with Crippen molar-refractivity contribution in [3.63, 3.8) is 0 Å². The average molecular weight is 301 g/mol. The van der Waals surface area contributed by atoms with Gasteiger partial charge in [0.1, 0.15) is 17.6 Å². The van der Waals surface area contributed by atoms with Gasteiger partial charge < -0.3 is 15.0 Å². The molecule has 7 heteroatoms. The summed E-state index contributed by atoms with van der Waals surface area (Å²) in [6.45, 7) is 5.25. The number of hydrogen-bond acceptors (Lipinski definition) is 5. The molecule has 1 amide bonds. The lowest BCUT2D eigenvalue weighted by Gasteiger charge is -2.18. The van der Waals surface area contributed by atoms with Crippen molar-refractivity contribution in [1.82, 2.24) is 15.3 Å². The van der Waals surface area contributed by atoms with Gasteiger partial charge in [0.05, 0.1) is 6.54 Å². The van der Waals surface area contributed by atoms with Crippen molar-refractivity contribution < 1.29 is 9.53 Å². The third-order valence-electron chi connectivity index (χ3n) is 2.48. The molecule has 0 saturated carbocycles. The van der Waals surface area contributed by atoms with Crippen LogP contribution in [0, 0.1) is 5.92 Å². The molecule has 20 heavy (non-hydrogen) atoms.